The van der Waals surface area contributed by atoms with Crippen LogP contribution < -0.4 is 5.73 Å². The van der Waals surface area contributed by atoms with Crippen LogP contribution in [-0.2, 0) is 16.4 Å². The summed E-state index contributed by atoms with van der Waals surface area (Å²) in [5.41, 5.74) is 6.45. The van der Waals surface area contributed by atoms with E-state index >= 15 is 0 Å². The predicted molar refractivity (Wildman–Crippen MR) is 64.9 cm³/mol. The van der Waals surface area contributed by atoms with Crippen LogP contribution in [0.5, 0.6) is 0 Å². The van der Waals surface area contributed by atoms with Gasteiger partial charge in [-0.25, -0.2) is 8.42 Å². The van der Waals surface area contributed by atoms with Crippen molar-refractivity contribution >= 4 is 15.7 Å². The van der Waals surface area contributed by atoms with Gasteiger partial charge in [-0.1, -0.05) is 0 Å². The number of nitrogens with zero attached hydrogens (tertiary/aromatic N) is 2. The fraction of sp³-hybridized carbons (Fsp3) is 0.700. The van der Waals surface area contributed by atoms with Crippen LogP contribution in [0.4, 0.5) is 5.82 Å². The van der Waals surface area contributed by atoms with Crippen molar-refractivity contribution in [1.82, 2.24) is 9.78 Å². The molecule has 16 heavy (non-hydrogen) atoms. The Labute approximate surface area is 96.6 Å². The molecule has 0 saturated heterocycles. The number of nitrogens with two attached hydrogens (primary N) is 1. The molecular weight excluding hydrogens is 226 g/mol. The highest BCUT2D eigenvalue weighted by molar-refractivity contribution is 7.92. The number of aromatic nitrogens is 2. The summed E-state index contributed by atoms with van der Waals surface area (Å²) in [4.78, 5) is 0. The van der Waals surface area contributed by atoms with E-state index in [1.807, 2.05) is 6.92 Å². The highest BCUT2D eigenvalue weighted by atomic mass is 32.2. The van der Waals surface area contributed by atoms with Crippen LogP contribution in [0.25, 0.3) is 0 Å². The summed E-state index contributed by atoms with van der Waals surface area (Å²) < 4.78 is 24.5. The van der Waals surface area contributed by atoms with Crippen LogP contribution in [0, 0.1) is 6.92 Å². The van der Waals surface area contributed by atoms with Gasteiger partial charge in [0.05, 0.1) is 17.0 Å². The summed E-state index contributed by atoms with van der Waals surface area (Å²) in [7, 11) is -3.10. The van der Waals surface area contributed by atoms with E-state index in [0.717, 1.165) is 5.56 Å². The Balaban J connectivity index is 2.73. The van der Waals surface area contributed by atoms with Gasteiger partial charge in [-0.2, -0.15) is 5.10 Å². The van der Waals surface area contributed by atoms with E-state index in [9.17, 15) is 8.42 Å². The second-order valence-corrected chi connectivity index (χ2v) is 7.75. The third-order valence-corrected chi connectivity index (χ3v) is 5.09. The molecule has 0 atom stereocenters. The summed E-state index contributed by atoms with van der Waals surface area (Å²) in [6.45, 7) is 7.29. The van der Waals surface area contributed by atoms with E-state index in [1.54, 1.807) is 31.6 Å². The lowest BCUT2D eigenvalue weighted by Crippen LogP contribution is -2.32. The highest BCUT2D eigenvalue weighted by Crippen LogP contribution is 2.16. The first-order chi connectivity index (χ1) is 7.13. The van der Waals surface area contributed by atoms with Gasteiger partial charge < -0.3 is 5.73 Å². The molecule has 5 nitrogen and oxygen atoms in total. The molecule has 1 rings (SSSR count). The predicted octanol–water partition coefficient (Wildman–Crippen LogP) is 0.987. The first kappa shape index (κ1) is 13.0. The summed E-state index contributed by atoms with van der Waals surface area (Å²) in [6.07, 6.45) is 1.76. The van der Waals surface area contributed by atoms with Gasteiger partial charge in [0.25, 0.3) is 0 Å². The highest BCUT2D eigenvalue weighted by Gasteiger charge is 2.28. The first-order valence-corrected chi connectivity index (χ1v) is 6.80. The van der Waals surface area contributed by atoms with Crippen molar-refractivity contribution < 1.29 is 8.42 Å². The fourth-order valence-electron chi connectivity index (χ4n) is 1.17. The third-order valence-electron chi connectivity index (χ3n) is 2.51. The number of anilines is 1. The molecule has 0 unspecified atom stereocenters. The molecule has 0 aliphatic carbocycles. The molecule has 0 bridgehead atoms. The van der Waals surface area contributed by atoms with Crippen LogP contribution in [0.3, 0.4) is 0 Å². The Hall–Kier alpha value is -1.04. The maximum absolute atomic E-state index is 11.8. The molecule has 0 amide bonds. The third kappa shape index (κ3) is 2.75. The summed E-state index contributed by atoms with van der Waals surface area (Å²) >= 11 is 0. The number of nitrogen functional groups attached to an aromatic ring is 1. The maximum atomic E-state index is 11.8. The van der Waals surface area contributed by atoms with E-state index in [-0.39, 0.29) is 5.75 Å². The average molecular weight is 245 g/mol. The largest absolute Gasteiger partial charge is 0.382 e. The zero-order chi connectivity index (χ0) is 12.6. The Morgan fingerprint density at radius 2 is 2.00 bits per heavy atom. The number of aryl methyl sites for hydroxylation is 2. The van der Waals surface area contributed by atoms with E-state index in [4.69, 9.17) is 5.73 Å². The van der Waals surface area contributed by atoms with Crippen molar-refractivity contribution in [1.29, 1.82) is 0 Å². The molecule has 6 heteroatoms. The minimum Gasteiger partial charge on any atom is -0.382 e. The topological polar surface area (TPSA) is 78.0 Å². The van der Waals surface area contributed by atoms with Gasteiger partial charge in [0.2, 0.25) is 0 Å². The summed E-state index contributed by atoms with van der Waals surface area (Å²) in [5.74, 6) is 0.532. The van der Waals surface area contributed by atoms with Crippen molar-refractivity contribution in [2.24, 2.45) is 0 Å². The SMILES string of the molecule is Cc1cn(CCS(=O)(=O)C(C)(C)C)nc1N. The minimum absolute atomic E-state index is 0.0804. The average Bonchev–Trinajstić information content (AvgIpc) is 2.41. The maximum Gasteiger partial charge on any atom is 0.157 e. The van der Waals surface area contributed by atoms with Crippen LogP contribution in [0.2, 0.25) is 0 Å². The molecule has 0 aliphatic heterocycles. The lowest BCUT2D eigenvalue weighted by Gasteiger charge is -2.18. The lowest BCUT2D eigenvalue weighted by molar-refractivity contribution is 0.548. The molecule has 1 aromatic heterocycles. The van der Waals surface area contributed by atoms with E-state index in [0.29, 0.717) is 12.4 Å². The van der Waals surface area contributed by atoms with Gasteiger partial charge in [-0.3, -0.25) is 4.68 Å². The zero-order valence-electron chi connectivity index (χ0n) is 10.2. The van der Waals surface area contributed by atoms with Crippen LogP contribution in [0.1, 0.15) is 26.3 Å². The van der Waals surface area contributed by atoms with Crippen molar-refractivity contribution in [3.63, 3.8) is 0 Å². The lowest BCUT2D eigenvalue weighted by atomic mass is 10.3. The molecule has 1 aromatic rings. The molecule has 0 saturated carbocycles. The fourth-order valence-corrected chi connectivity index (χ4v) is 2.21. The number of rotatable bonds is 3. The van der Waals surface area contributed by atoms with Crippen molar-refractivity contribution in [3.8, 4) is 0 Å². The molecule has 0 aromatic carbocycles. The second-order valence-electron chi connectivity index (χ2n) is 4.89. The Morgan fingerprint density at radius 3 is 2.38 bits per heavy atom. The van der Waals surface area contributed by atoms with Crippen molar-refractivity contribution in [2.45, 2.75) is 39.0 Å². The molecule has 2 N–H and O–H groups in total. The van der Waals surface area contributed by atoms with Gasteiger partial charge in [0.1, 0.15) is 5.82 Å². The summed E-state index contributed by atoms with van der Waals surface area (Å²) in [6, 6.07) is 0. The molecule has 0 aliphatic rings. The number of hydrogen-bond donors (Lipinski definition) is 1. The van der Waals surface area contributed by atoms with Gasteiger partial charge in [-0.05, 0) is 27.7 Å². The Bertz CT molecular complexity index is 449. The normalized spacial score (nSPS) is 13.0. The van der Waals surface area contributed by atoms with Gasteiger partial charge in [-0.15, -0.1) is 0 Å². The van der Waals surface area contributed by atoms with Crippen LogP contribution in [-0.4, -0.2) is 28.7 Å². The molecule has 0 fully saturated rings. The second kappa shape index (κ2) is 4.08. The molecular formula is C10H19N3O2S. The van der Waals surface area contributed by atoms with E-state index in [2.05, 4.69) is 5.10 Å². The monoisotopic (exact) mass is 245 g/mol. The smallest absolute Gasteiger partial charge is 0.157 e. The Kier molecular flexibility index (Phi) is 3.33. The molecule has 0 spiro atoms. The quantitative estimate of drug-likeness (QED) is 0.861. The molecule has 0 radical (unpaired) electrons. The molecule has 92 valence electrons. The Morgan fingerprint density at radius 1 is 1.44 bits per heavy atom. The first-order valence-electron chi connectivity index (χ1n) is 5.15. The summed E-state index contributed by atoms with van der Waals surface area (Å²) in [5, 5.41) is 4.03. The van der Waals surface area contributed by atoms with E-state index < -0.39 is 14.6 Å². The van der Waals surface area contributed by atoms with Crippen LogP contribution in [0.15, 0.2) is 6.20 Å². The van der Waals surface area contributed by atoms with E-state index in [1.165, 1.54) is 0 Å². The number of hydrogen-bond acceptors (Lipinski definition) is 4. The van der Waals surface area contributed by atoms with Crippen molar-refractivity contribution in [3.05, 3.63) is 11.8 Å². The van der Waals surface area contributed by atoms with Crippen molar-refractivity contribution in [2.75, 3.05) is 11.5 Å². The standard InChI is InChI=1S/C10H19N3O2S/c1-8-7-13(12-9(8)11)5-6-16(14,15)10(2,3)4/h7H,5-6H2,1-4H3,(H2,11,12). The van der Waals surface area contributed by atoms with Gasteiger partial charge in [0, 0.05) is 11.8 Å². The number of sulfone groups is 1. The minimum atomic E-state index is -3.10. The molecule has 1 heterocycles. The zero-order valence-corrected chi connectivity index (χ0v) is 11.0. The van der Waals surface area contributed by atoms with Crippen LogP contribution >= 0.6 is 0 Å². The van der Waals surface area contributed by atoms with Gasteiger partial charge in [0.15, 0.2) is 9.84 Å². The van der Waals surface area contributed by atoms with Gasteiger partial charge >= 0.3 is 0 Å².